The summed E-state index contributed by atoms with van der Waals surface area (Å²) in [6, 6.07) is 42.1. The molecule has 0 spiro atoms. The molecule has 3 unspecified atom stereocenters. The van der Waals surface area contributed by atoms with Crippen molar-refractivity contribution in [3.63, 3.8) is 0 Å². The van der Waals surface area contributed by atoms with Crippen molar-refractivity contribution >= 4 is 5.69 Å². The van der Waals surface area contributed by atoms with Gasteiger partial charge in [0, 0.05) is 36.3 Å². The van der Waals surface area contributed by atoms with Gasteiger partial charge in [0.2, 0.25) is 0 Å². The predicted molar refractivity (Wildman–Crippen MR) is 205 cm³/mol. The minimum absolute atomic E-state index is 0.0662. The van der Waals surface area contributed by atoms with Crippen LogP contribution in [0.1, 0.15) is 72.9 Å². The highest BCUT2D eigenvalue weighted by atomic mass is 16.5. The molecule has 0 aromatic heterocycles. The van der Waals surface area contributed by atoms with E-state index in [2.05, 4.69) is 115 Å². The zero-order chi connectivity index (χ0) is 35.0. The second-order valence-corrected chi connectivity index (χ2v) is 13.5. The van der Waals surface area contributed by atoms with Gasteiger partial charge in [-0.05, 0) is 97.1 Å². The molecule has 6 heteroatoms. The number of hydrogen-bond donors (Lipinski definition) is 0. The van der Waals surface area contributed by atoms with Gasteiger partial charge in [0.25, 0.3) is 0 Å². The maximum Gasteiger partial charge on any atom is 0.169 e. The summed E-state index contributed by atoms with van der Waals surface area (Å²) in [5, 5.41) is 0. The molecule has 0 saturated heterocycles. The van der Waals surface area contributed by atoms with Gasteiger partial charge in [-0.25, -0.2) is 0 Å². The summed E-state index contributed by atoms with van der Waals surface area (Å²) in [5.41, 5.74) is 7.11. The monoisotopic (exact) mass is 680 g/mol. The average Bonchev–Trinajstić information content (AvgIpc) is 3.31. The van der Waals surface area contributed by atoms with E-state index >= 15 is 0 Å². The lowest BCUT2D eigenvalue weighted by Crippen LogP contribution is -2.33. The summed E-state index contributed by atoms with van der Waals surface area (Å²) in [6.45, 7) is 7.17. The minimum Gasteiger partial charge on any atom is -0.496 e. The number of fused-ring (bicyclic) bond motifs is 1. The summed E-state index contributed by atoms with van der Waals surface area (Å²) >= 11 is 0. The van der Waals surface area contributed by atoms with Crippen LogP contribution in [-0.4, -0.2) is 24.8 Å². The van der Waals surface area contributed by atoms with Gasteiger partial charge in [0.15, 0.2) is 6.23 Å². The first-order chi connectivity index (χ1) is 25.1. The molecule has 2 aliphatic rings. The van der Waals surface area contributed by atoms with E-state index in [9.17, 15) is 0 Å². The Labute approximate surface area is 302 Å². The van der Waals surface area contributed by atoms with Crippen LogP contribution in [0, 0.1) is 0 Å². The fraction of sp³-hybridized carbons (Fsp3) is 0.289. The Morgan fingerprint density at radius 2 is 1.39 bits per heavy atom. The van der Waals surface area contributed by atoms with Crippen molar-refractivity contribution in [3.05, 3.63) is 161 Å². The molecule has 2 aliphatic heterocycles. The van der Waals surface area contributed by atoms with Gasteiger partial charge < -0.3 is 28.7 Å². The summed E-state index contributed by atoms with van der Waals surface area (Å²) in [5.74, 6) is 3.57. The molecule has 3 atom stereocenters. The third-order valence-electron chi connectivity index (χ3n) is 10.0. The highest BCUT2D eigenvalue weighted by Gasteiger charge is 2.37. The molecule has 2 heterocycles. The van der Waals surface area contributed by atoms with Gasteiger partial charge >= 0.3 is 0 Å². The molecule has 5 aromatic rings. The molecule has 0 fully saturated rings. The zero-order valence-electron chi connectivity index (χ0n) is 29.9. The van der Waals surface area contributed by atoms with Crippen LogP contribution in [-0.2, 0) is 19.8 Å². The summed E-state index contributed by atoms with van der Waals surface area (Å²) in [7, 11) is 1.74. The molecule has 0 amide bonds. The van der Waals surface area contributed by atoms with Crippen molar-refractivity contribution < 1.29 is 18.9 Å². The van der Waals surface area contributed by atoms with E-state index in [4.69, 9.17) is 18.9 Å². The maximum absolute atomic E-state index is 6.42. The van der Waals surface area contributed by atoms with Crippen molar-refractivity contribution in [2.45, 2.75) is 71.1 Å². The summed E-state index contributed by atoms with van der Waals surface area (Å²) in [6.07, 6.45) is 7.86. The number of ether oxygens (including phenoxy) is 4. The van der Waals surface area contributed by atoms with Crippen molar-refractivity contribution in [2.24, 2.45) is 0 Å². The highest BCUT2D eigenvalue weighted by molar-refractivity contribution is 5.66. The third-order valence-corrected chi connectivity index (χ3v) is 10.0. The van der Waals surface area contributed by atoms with Gasteiger partial charge in [-0.3, -0.25) is 0 Å². The Morgan fingerprint density at radius 3 is 2.10 bits per heavy atom. The molecular formula is C45H48N2O4. The Bertz CT molecular complexity index is 1890. The van der Waals surface area contributed by atoms with Crippen LogP contribution in [0.3, 0.4) is 0 Å². The first-order valence-electron chi connectivity index (χ1n) is 18.2. The van der Waals surface area contributed by atoms with Crippen LogP contribution in [0.25, 0.3) is 0 Å². The van der Waals surface area contributed by atoms with Gasteiger partial charge in [0.05, 0.1) is 13.2 Å². The van der Waals surface area contributed by atoms with Crippen LogP contribution < -0.4 is 23.8 Å². The van der Waals surface area contributed by atoms with Crippen LogP contribution in [0.4, 0.5) is 5.69 Å². The van der Waals surface area contributed by atoms with Gasteiger partial charge in [-0.1, -0.05) is 85.8 Å². The smallest absolute Gasteiger partial charge is 0.169 e. The highest BCUT2D eigenvalue weighted by Crippen LogP contribution is 2.51. The Hall–Kier alpha value is -5.36. The van der Waals surface area contributed by atoms with Crippen molar-refractivity contribution in [3.8, 4) is 23.0 Å². The molecule has 51 heavy (non-hydrogen) atoms. The topological polar surface area (TPSA) is 43.4 Å². The zero-order valence-corrected chi connectivity index (χ0v) is 29.9. The fourth-order valence-corrected chi connectivity index (χ4v) is 7.25. The van der Waals surface area contributed by atoms with E-state index in [1.165, 1.54) is 29.7 Å². The standard InChI is InChI=1S/C45H48N2O4/c1-33-42-28-40(50-32-36-16-10-7-11-17-36)24-25-43(42)47(45(33)37-18-21-39(22-19-37)49-31-35-14-8-6-9-15-35)30-38-20-23-41(29-44(38)48-3)51-34(2)46-26-12-4-5-13-27-46/h6-12,14-26,28-29,33-34,45H,4-5,13,27,30-32H2,1-3H3. The van der Waals surface area contributed by atoms with E-state index in [0.717, 1.165) is 52.7 Å². The number of rotatable bonds is 13. The number of nitrogens with zero attached hydrogens (tertiary/aromatic N) is 2. The van der Waals surface area contributed by atoms with Crippen LogP contribution in [0.5, 0.6) is 23.0 Å². The van der Waals surface area contributed by atoms with Crippen molar-refractivity contribution in [2.75, 3.05) is 18.6 Å². The molecule has 0 N–H and O–H groups in total. The first-order valence-corrected chi connectivity index (χ1v) is 18.2. The van der Waals surface area contributed by atoms with Crippen LogP contribution in [0.2, 0.25) is 0 Å². The SMILES string of the molecule is COc1cc(OC(C)N2C=CCCCC2)ccc1CN1c2ccc(OCc3ccccc3)cc2C(C)C1c1ccc(OCc2ccccc2)cc1. The Kier molecular flexibility index (Phi) is 10.8. The van der Waals surface area contributed by atoms with Gasteiger partial charge in [0.1, 0.15) is 36.2 Å². The van der Waals surface area contributed by atoms with Crippen LogP contribution >= 0.6 is 0 Å². The average molecular weight is 681 g/mol. The molecule has 0 saturated carbocycles. The second-order valence-electron chi connectivity index (χ2n) is 13.5. The molecule has 262 valence electrons. The molecule has 0 radical (unpaired) electrons. The lowest BCUT2D eigenvalue weighted by molar-refractivity contribution is 0.0776. The van der Waals surface area contributed by atoms with Crippen molar-refractivity contribution in [1.29, 1.82) is 0 Å². The predicted octanol–water partition coefficient (Wildman–Crippen LogP) is 10.4. The van der Waals surface area contributed by atoms with E-state index in [-0.39, 0.29) is 18.2 Å². The van der Waals surface area contributed by atoms with Gasteiger partial charge in [-0.2, -0.15) is 0 Å². The number of benzene rings is 5. The second kappa shape index (κ2) is 16.1. The first kappa shape index (κ1) is 34.1. The van der Waals surface area contributed by atoms with E-state index in [1.807, 2.05) is 42.5 Å². The minimum atomic E-state index is -0.0662. The molecule has 0 aliphatic carbocycles. The largest absolute Gasteiger partial charge is 0.496 e. The summed E-state index contributed by atoms with van der Waals surface area (Å²) < 4.78 is 24.9. The molecular weight excluding hydrogens is 633 g/mol. The van der Waals surface area contributed by atoms with Gasteiger partial charge in [-0.15, -0.1) is 0 Å². The Morgan fingerprint density at radius 1 is 0.725 bits per heavy atom. The molecule has 6 nitrogen and oxygen atoms in total. The lowest BCUT2D eigenvalue weighted by atomic mass is 9.91. The Balaban J connectivity index is 1.14. The molecule has 0 bridgehead atoms. The number of hydrogen-bond acceptors (Lipinski definition) is 6. The van der Waals surface area contributed by atoms with E-state index in [0.29, 0.717) is 19.8 Å². The summed E-state index contributed by atoms with van der Waals surface area (Å²) in [4.78, 5) is 4.78. The van der Waals surface area contributed by atoms with Crippen LogP contribution in [0.15, 0.2) is 134 Å². The normalized spacial score (nSPS) is 17.4. The third kappa shape index (κ3) is 8.18. The number of allylic oxidation sites excluding steroid dienone is 1. The fourth-order valence-electron chi connectivity index (χ4n) is 7.25. The molecule has 5 aromatic carbocycles. The molecule has 7 rings (SSSR count). The lowest BCUT2D eigenvalue weighted by Gasteiger charge is -2.31. The van der Waals surface area contributed by atoms with Crippen molar-refractivity contribution in [1.82, 2.24) is 4.90 Å². The number of anilines is 1. The van der Waals surface area contributed by atoms with E-state index < -0.39 is 0 Å². The maximum atomic E-state index is 6.42. The quantitative estimate of drug-likeness (QED) is 0.123. The number of methoxy groups -OCH3 is 1. The van der Waals surface area contributed by atoms with E-state index in [1.54, 1.807) is 7.11 Å².